The van der Waals surface area contributed by atoms with E-state index >= 15 is 0 Å². The lowest BCUT2D eigenvalue weighted by atomic mass is 10.2. The van der Waals surface area contributed by atoms with Crippen LogP contribution in [0.2, 0.25) is 5.02 Å². The molecule has 0 aromatic heterocycles. The minimum atomic E-state index is -0.448. The van der Waals surface area contributed by atoms with Gasteiger partial charge in [0, 0.05) is 10.8 Å². The van der Waals surface area contributed by atoms with Gasteiger partial charge < -0.3 is 10.5 Å². The fraction of sp³-hybridized carbons (Fsp3) is 0.0455. The Balaban J connectivity index is 1.51. The van der Waals surface area contributed by atoms with Crippen molar-refractivity contribution < 1.29 is 9.53 Å². The van der Waals surface area contributed by atoms with Gasteiger partial charge in [0.2, 0.25) is 0 Å². The molecule has 0 bridgehead atoms. The minimum Gasteiger partial charge on any atom is -0.423 e. The van der Waals surface area contributed by atoms with Gasteiger partial charge in [-0.2, -0.15) is 5.10 Å². The Bertz CT molecular complexity index is 1000. The number of rotatable bonds is 6. The number of thioether (sulfide) groups is 1. The molecule has 0 saturated heterocycles. The fourth-order valence-electron chi connectivity index (χ4n) is 2.29. The predicted octanol–water partition coefficient (Wildman–Crippen LogP) is 5.14. The smallest absolute Gasteiger partial charge is 0.343 e. The molecule has 0 heterocycles. The number of hydrogen-bond donors (Lipinski definition) is 1. The van der Waals surface area contributed by atoms with Crippen molar-refractivity contribution in [1.29, 1.82) is 0 Å². The van der Waals surface area contributed by atoms with Crippen LogP contribution in [-0.4, -0.2) is 17.4 Å². The largest absolute Gasteiger partial charge is 0.423 e. The van der Waals surface area contributed by atoms with Crippen LogP contribution in [0.1, 0.15) is 21.5 Å². The van der Waals surface area contributed by atoms with E-state index in [2.05, 4.69) is 10.2 Å². The highest BCUT2D eigenvalue weighted by molar-refractivity contribution is 8.13. The van der Waals surface area contributed by atoms with E-state index in [9.17, 15) is 4.79 Å². The van der Waals surface area contributed by atoms with Gasteiger partial charge in [0.15, 0.2) is 5.17 Å². The second-order valence-electron chi connectivity index (χ2n) is 5.92. The molecule has 0 aliphatic heterocycles. The number of nitrogens with two attached hydrogens (primary N) is 1. The summed E-state index contributed by atoms with van der Waals surface area (Å²) in [4.78, 5) is 12.1. The van der Waals surface area contributed by atoms with Crippen molar-refractivity contribution in [3.8, 4) is 5.75 Å². The van der Waals surface area contributed by atoms with Crippen LogP contribution in [0.15, 0.2) is 89.1 Å². The van der Waals surface area contributed by atoms with Gasteiger partial charge in [0.05, 0.1) is 11.8 Å². The summed E-state index contributed by atoms with van der Waals surface area (Å²) < 4.78 is 5.33. The van der Waals surface area contributed by atoms with Crippen LogP contribution < -0.4 is 10.5 Å². The number of nitrogens with zero attached hydrogens (tertiary/aromatic N) is 2. The number of halogens is 1. The van der Waals surface area contributed by atoms with E-state index in [-0.39, 0.29) is 0 Å². The van der Waals surface area contributed by atoms with Gasteiger partial charge in [0.25, 0.3) is 0 Å². The molecule has 146 valence electrons. The van der Waals surface area contributed by atoms with Crippen LogP contribution in [0, 0.1) is 0 Å². The molecule has 0 unspecified atom stereocenters. The standard InChI is InChI=1S/C22H18ClN3O2S/c23-19-10-8-18(9-11-19)21(27)28-20-12-6-16(7-13-20)14-25-26-22(24)29-15-17-4-2-1-3-5-17/h1-14H,15H2,(H2,24,26). The van der Waals surface area contributed by atoms with E-state index in [1.165, 1.54) is 17.3 Å². The van der Waals surface area contributed by atoms with E-state index in [1.807, 2.05) is 30.3 Å². The molecular formula is C22H18ClN3O2S. The number of carbonyl (C=O) groups is 1. The van der Waals surface area contributed by atoms with Gasteiger partial charge in [0.1, 0.15) is 5.75 Å². The number of ether oxygens (including phenoxy) is 1. The number of esters is 1. The third kappa shape index (κ3) is 6.78. The van der Waals surface area contributed by atoms with Crippen LogP contribution in [0.3, 0.4) is 0 Å². The molecule has 3 rings (SSSR count). The first kappa shape index (κ1) is 20.6. The second kappa shape index (κ2) is 10.5. The van der Waals surface area contributed by atoms with Crippen molar-refractivity contribution in [2.75, 3.05) is 0 Å². The van der Waals surface area contributed by atoms with Crippen LogP contribution in [0.25, 0.3) is 0 Å². The summed E-state index contributed by atoms with van der Waals surface area (Å²) in [7, 11) is 0. The molecule has 7 heteroatoms. The van der Waals surface area contributed by atoms with Gasteiger partial charge in [-0.25, -0.2) is 4.79 Å². The maximum absolute atomic E-state index is 12.1. The fourth-order valence-corrected chi connectivity index (χ4v) is 3.02. The summed E-state index contributed by atoms with van der Waals surface area (Å²) in [5.41, 5.74) is 8.27. The van der Waals surface area contributed by atoms with Crippen molar-refractivity contribution in [2.45, 2.75) is 5.75 Å². The van der Waals surface area contributed by atoms with Crippen molar-refractivity contribution in [3.63, 3.8) is 0 Å². The molecule has 3 aromatic carbocycles. The number of benzene rings is 3. The monoisotopic (exact) mass is 423 g/mol. The van der Waals surface area contributed by atoms with Crippen molar-refractivity contribution in [3.05, 3.63) is 101 Å². The first-order valence-corrected chi connectivity index (χ1v) is 10.1. The van der Waals surface area contributed by atoms with Crippen molar-refractivity contribution in [1.82, 2.24) is 0 Å². The van der Waals surface area contributed by atoms with Crippen LogP contribution in [-0.2, 0) is 5.75 Å². The highest BCUT2D eigenvalue weighted by Gasteiger charge is 2.08. The molecule has 0 saturated carbocycles. The molecule has 29 heavy (non-hydrogen) atoms. The Morgan fingerprint density at radius 1 is 1.00 bits per heavy atom. The average Bonchev–Trinajstić information content (AvgIpc) is 2.75. The lowest BCUT2D eigenvalue weighted by molar-refractivity contribution is 0.0735. The van der Waals surface area contributed by atoms with Crippen LogP contribution in [0.5, 0.6) is 5.75 Å². The summed E-state index contributed by atoms with van der Waals surface area (Å²) >= 11 is 7.24. The first-order valence-electron chi connectivity index (χ1n) is 8.71. The topological polar surface area (TPSA) is 77.0 Å². The molecule has 0 spiro atoms. The zero-order chi connectivity index (χ0) is 20.5. The zero-order valence-corrected chi connectivity index (χ0v) is 16.9. The molecule has 3 aromatic rings. The molecule has 0 amide bonds. The SMILES string of the molecule is NC(=NN=Cc1ccc(OC(=O)c2ccc(Cl)cc2)cc1)SCc1ccccc1. The number of amidine groups is 1. The van der Waals surface area contributed by atoms with E-state index in [0.717, 1.165) is 11.3 Å². The lowest BCUT2D eigenvalue weighted by Crippen LogP contribution is -2.08. The minimum absolute atomic E-state index is 0.388. The van der Waals surface area contributed by atoms with Gasteiger partial charge in [-0.3, -0.25) is 0 Å². The quantitative estimate of drug-likeness (QED) is 0.196. The summed E-state index contributed by atoms with van der Waals surface area (Å²) in [6, 6.07) is 23.4. The lowest BCUT2D eigenvalue weighted by Gasteiger charge is -2.04. The maximum atomic E-state index is 12.1. The van der Waals surface area contributed by atoms with E-state index < -0.39 is 5.97 Å². The second-order valence-corrected chi connectivity index (χ2v) is 7.35. The highest BCUT2D eigenvalue weighted by atomic mass is 35.5. The number of carbonyl (C=O) groups excluding carboxylic acids is 1. The maximum Gasteiger partial charge on any atom is 0.343 e. The summed E-state index contributed by atoms with van der Waals surface area (Å²) in [5.74, 6) is 0.721. The Morgan fingerprint density at radius 3 is 2.38 bits per heavy atom. The summed E-state index contributed by atoms with van der Waals surface area (Å²) in [6.07, 6.45) is 1.58. The Kier molecular flexibility index (Phi) is 7.44. The molecule has 2 N–H and O–H groups in total. The average molecular weight is 424 g/mol. The van der Waals surface area contributed by atoms with Crippen LogP contribution in [0.4, 0.5) is 0 Å². The van der Waals surface area contributed by atoms with Crippen molar-refractivity contribution in [2.24, 2.45) is 15.9 Å². The third-order valence-corrected chi connectivity index (χ3v) is 4.87. The molecule has 0 atom stereocenters. The molecule has 0 aliphatic carbocycles. The van der Waals surface area contributed by atoms with Gasteiger partial charge in [-0.15, -0.1) is 5.10 Å². The van der Waals surface area contributed by atoms with Gasteiger partial charge >= 0.3 is 5.97 Å². The van der Waals surface area contributed by atoms with Crippen molar-refractivity contribution >= 4 is 40.7 Å². The predicted molar refractivity (Wildman–Crippen MR) is 120 cm³/mol. The molecular weight excluding hydrogens is 406 g/mol. The van der Waals surface area contributed by atoms with Gasteiger partial charge in [-0.1, -0.05) is 53.7 Å². The molecule has 0 radical (unpaired) electrons. The Morgan fingerprint density at radius 2 is 1.69 bits per heavy atom. The third-order valence-electron chi connectivity index (χ3n) is 3.76. The molecule has 0 aliphatic rings. The number of hydrogen-bond acceptors (Lipinski definition) is 5. The molecule has 0 fully saturated rings. The first-order chi connectivity index (χ1) is 14.1. The normalized spacial score (nSPS) is 11.6. The summed E-state index contributed by atoms with van der Waals surface area (Å²) in [6.45, 7) is 0. The van der Waals surface area contributed by atoms with E-state index in [4.69, 9.17) is 22.1 Å². The van der Waals surface area contributed by atoms with Gasteiger partial charge in [-0.05, 0) is 59.7 Å². The Labute approximate surface area is 178 Å². The zero-order valence-electron chi connectivity index (χ0n) is 15.4. The van der Waals surface area contributed by atoms with E-state index in [1.54, 1.807) is 54.7 Å². The molecule has 5 nitrogen and oxygen atoms in total. The highest BCUT2D eigenvalue weighted by Crippen LogP contribution is 2.16. The summed E-state index contributed by atoms with van der Waals surface area (Å²) in [5, 5.41) is 8.93. The van der Waals surface area contributed by atoms with Crippen LogP contribution >= 0.6 is 23.4 Å². The Hall–Kier alpha value is -3.09. The van der Waals surface area contributed by atoms with E-state index in [0.29, 0.717) is 21.5 Å².